The molecule has 3 N–H and O–H groups in total. The summed E-state index contributed by atoms with van der Waals surface area (Å²) >= 11 is 6.11. The largest absolute Gasteiger partial charge is 0.494 e. The van der Waals surface area contributed by atoms with Crippen molar-refractivity contribution in [2.45, 2.75) is 33.1 Å². The van der Waals surface area contributed by atoms with Crippen LogP contribution in [0.25, 0.3) is 5.69 Å². The third-order valence-electron chi connectivity index (χ3n) is 4.56. The molecule has 0 saturated carbocycles. The standard InChI is InChI=1S/C21H24ClN5O2/c1-12-19(25-26-27(12)17-10-14(22)6-7-18(17)29-5)20(28)24-16-9-13(21(2,3)4)8-15(23)11-16/h6-11H,23H2,1-5H3,(H,24,28). The number of nitrogens with two attached hydrogens (primary N) is 1. The topological polar surface area (TPSA) is 95.1 Å². The Balaban J connectivity index is 1.93. The van der Waals surface area contributed by atoms with Crippen LogP contribution in [0.3, 0.4) is 0 Å². The number of ether oxygens (including phenoxy) is 1. The Morgan fingerprint density at radius 3 is 2.59 bits per heavy atom. The zero-order chi connectivity index (χ0) is 21.3. The molecular weight excluding hydrogens is 390 g/mol. The third-order valence-corrected chi connectivity index (χ3v) is 4.79. The van der Waals surface area contributed by atoms with Crippen molar-refractivity contribution in [3.8, 4) is 11.4 Å². The van der Waals surface area contributed by atoms with Gasteiger partial charge in [-0.15, -0.1) is 5.10 Å². The van der Waals surface area contributed by atoms with Gasteiger partial charge in [-0.25, -0.2) is 4.68 Å². The smallest absolute Gasteiger partial charge is 0.278 e. The van der Waals surface area contributed by atoms with Crippen molar-refractivity contribution in [3.63, 3.8) is 0 Å². The van der Waals surface area contributed by atoms with Gasteiger partial charge in [0.05, 0.1) is 12.8 Å². The van der Waals surface area contributed by atoms with Crippen LogP contribution in [0.2, 0.25) is 5.02 Å². The van der Waals surface area contributed by atoms with E-state index in [2.05, 4.69) is 36.4 Å². The highest BCUT2D eigenvalue weighted by Crippen LogP contribution is 2.29. The Bertz CT molecular complexity index is 1070. The van der Waals surface area contributed by atoms with Gasteiger partial charge in [-0.1, -0.05) is 37.6 Å². The minimum absolute atomic E-state index is 0.100. The Kier molecular flexibility index (Phi) is 5.53. The Morgan fingerprint density at radius 1 is 1.21 bits per heavy atom. The van der Waals surface area contributed by atoms with Gasteiger partial charge in [-0.2, -0.15) is 0 Å². The van der Waals surface area contributed by atoms with Crippen LogP contribution in [0.1, 0.15) is 42.5 Å². The maximum atomic E-state index is 12.8. The lowest BCUT2D eigenvalue weighted by Crippen LogP contribution is -2.16. The molecule has 1 amide bonds. The number of carbonyl (C=O) groups excluding carboxylic acids is 1. The van der Waals surface area contributed by atoms with Gasteiger partial charge in [-0.3, -0.25) is 4.79 Å². The Morgan fingerprint density at radius 2 is 1.93 bits per heavy atom. The average Bonchev–Trinajstić information content (AvgIpc) is 3.02. The lowest BCUT2D eigenvalue weighted by molar-refractivity contribution is 0.102. The number of hydrogen-bond donors (Lipinski definition) is 2. The highest BCUT2D eigenvalue weighted by atomic mass is 35.5. The highest BCUT2D eigenvalue weighted by Gasteiger charge is 2.21. The van der Waals surface area contributed by atoms with Gasteiger partial charge in [0, 0.05) is 16.4 Å². The van der Waals surface area contributed by atoms with Crippen LogP contribution in [-0.2, 0) is 5.41 Å². The number of nitrogens with zero attached hydrogens (tertiary/aromatic N) is 3. The number of rotatable bonds is 4. The van der Waals surface area contributed by atoms with Gasteiger partial charge in [0.2, 0.25) is 0 Å². The fourth-order valence-electron chi connectivity index (χ4n) is 2.94. The van der Waals surface area contributed by atoms with Gasteiger partial charge < -0.3 is 15.8 Å². The van der Waals surface area contributed by atoms with E-state index in [1.54, 1.807) is 38.3 Å². The molecule has 0 spiro atoms. The first-order valence-corrected chi connectivity index (χ1v) is 9.46. The number of methoxy groups -OCH3 is 1. The number of nitrogens with one attached hydrogen (secondary N) is 1. The number of halogens is 1. The average molecular weight is 414 g/mol. The predicted molar refractivity (Wildman–Crippen MR) is 115 cm³/mol. The van der Waals surface area contributed by atoms with E-state index in [-0.39, 0.29) is 17.0 Å². The minimum Gasteiger partial charge on any atom is -0.494 e. The molecule has 0 radical (unpaired) electrons. The normalized spacial score (nSPS) is 11.4. The summed E-state index contributed by atoms with van der Waals surface area (Å²) in [4.78, 5) is 12.8. The molecule has 2 aromatic carbocycles. The molecule has 0 fully saturated rings. The first-order chi connectivity index (χ1) is 13.6. The van der Waals surface area contributed by atoms with Gasteiger partial charge >= 0.3 is 0 Å². The summed E-state index contributed by atoms with van der Waals surface area (Å²) in [6, 6.07) is 10.7. The molecule has 0 atom stereocenters. The van der Waals surface area contributed by atoms with Crippen LogP contribution in [0, 0.1) is 6.92 Å². The van der Waals surface area contributed by atoms with Gasteiger partial charge in [0.1, 0.15) is 11.4 Å². The fourth-order valence-corrected chi connectivity index (χ4v) is 3.11. The molecule has 29 heavy (non-hydrogen) atoms. The van der Waals surface area contributed by atoms with E-state index in [0.29, 0.717) is 33.5 Å². The molecule has 7 nitrogen and oxygen atoms in total. The van der Waals surface area contributed by atoms with E-state index in [4.69, 9.17) is 22.1 Å². The van der Waals surface area contributed by atoms with Crippen LogP contribution in [-0.4, -0.2) is 28.0 Å². The zero-order valence-electron chi connectivity index (χ0n) is 17.1. The van der Waals surface area contributed by atoms with E-state index in [9.17, 15) is 4.79 Å². The minimum atomic E-state index is -0.375. The number of hydrogen-bond acceptors (Lipinski definition) is 5. The van der Waals surface area contributed by atoms with Gasteiger partial charge in [0.15, 0.2) is 5.69 Å². The number of amides is 1. The number of nitrogen functional groups attached to an aromatic ring is 1. The summed E-state index contributed by atoms with van der Waals surface area (Å²) in [6.07, 6.45) is 0. The maximum absolute atomic E-state index is 12.8. The van der Waals surface area contributed by atoms with Crippen molar-refractivity contribution in [1.29, 1.82) is 0 Å². The molecule has 152 valence electrons. The zero-order valence-corrected chi connectivity index (χ0v) is 17.8. The second kappa shape index (κ2) is 7.75. The number of carbonyl (C=O) groups is 1. The lowest BCUT2D eigenvalue weighted by atomic mass is 9.86. The third kappa shape index (κ3) is 4.35. The van der Waals surface area contributed by atoms with Gasteiger partial charge in [0.25, 0.3) is 5.91 Å². The summed E-state index contributed by atoms with van der Waals surface area (Å²) in [7, 11) is 1.55. The molecule has 0 aliphatic heterocycles. The Labute approximate surface area is 174 Å². The number of benzene rings is 2. The van der Waals surface area contributed by atoms with Crippen LogP contribution in [0.15, 0.2) is 36.4 Å². The van der Waals surface area contributed by atoms with Gasteiger partial charge in [-0.05, 0) is 54.3 Å². The van der Waals surface area contributed by atoms with Crippen LogP contribution >= 0.6 is 11.6 Å². The SMILES string of the molecule is COc1ccc(Cl)cc1-n1nnc(C(=O)Nc2cc(N)cc(C(C)(C)C)c2)c1C. The van der Waals surface area contributed by atoms with E-state index in [1.807, 2.05) is 12.1 Å². The van der Waals surface area contributed by atoms with E-state index in [0.717, 1.165) is 5.56 Å². The summed E-state index contributed by atoms with van der Waals surface area (Å²) in [5, 5.41) is 11.6. The molecule has 0 bridgehead atoms. The highest BCUT2D eigenvalue weighted by molar-refractivity contribution is 6.30. The van der Waals surface area contributed by atoms with Crippen LogP contribution in [0.4, 0.5) is 11.4 Å². The fraction of sp³-hybridized carbons (Fsp3) is 0.286. The molecule has 0 aliphatic carbocycles. The molecule has 8 heteroatoms. The Hall–Kier alpha value is -3.06. The van der Waals surface area contributed by atoms with Crippen molar-refractivity contribution < 1.29 is 9.53 Å². The summed E-state index contributed by atoms with van der Waals surface area (Å²) < 4.78 is 6.90. The number of aromatic nitrogens is 3. The first kappa shape index (κ1) is 20.7. The van der Waals surface area contributed by atoms with Crippen molar-refractivity contribution in [1.82, 2.24) is 15.0 Å². The van der Waals surface area contributed by atoms with Crippen molar-refractivity contribution in [3.05, 3.63) is 58.4 Å². The van der Waals surface area contributed by atoms with E-state index >= 15 is 0 Å². The summed E-state index contributed by atoms with van der Waals surface area (Å²) in [5.74, 6) is 0.195. The molecule has 1 heterocycles. The summed E-state index contributed by atoms with van der Waals surface area (Å²) in [5.41, 5.74) is 9.49. The molecule has 0 aliphatic rings. The molecule has 3 rings (SSSR count). The van der Waals surface area contributed by atoms with Crippen molar-refractivity contribution in [2.75, 3.05) is 18.2 Å². The predicted octanol–water partition coefficient (Wildman–Crippen LogP) is 4.37. The molecule has 0 unspecified atom stereocenters. The quantitative estimate of drug-likeness (QED) is 0.619. The first-order valence-electron chi connectivity index (χ1n) is 9.09. The van der Waals surface area contributed by atoms with Crippen LogP contribution < -0.4 is 15.8 Å². The van der Waals surface area contributed by atoms with Crippen molar-refractivity contribution >= 4 is 28.9 Å². The van der Waals surface area contributed by atoms with Crippen molar-refractivity contribution in [2.24, 2.45) is 0 Å². The van der Waals surface area contributed by atoms with E-state index < -0.39 is 0 Å². The molecular formula is C21H24ClN5O2. The van der Waals surface area contributed by atoms with Crippen LogP contribution in [0.5, 0.6) is 5.75 Å². The number of anilines is 2. The molecule has 1 aromatic heterocycles. The maximum Gasteiger partial charge on any atom is 0.278 e. The second-order valence-electron chi connectivity index (χ2n) is 7.80. The monoisotopic (exact) mass is 413 g/mol. The summed E-state index contributed by atoms with van der Waals surface area (Å²) in [6.45, 7) is 8.01. The molecule has 0 saturated heterocycles. The lowest BCUT2D eigenvalue weighted by Gasteiger charge is -2.20. The van der Waals surface area contributed by atoms with E-state index in [1.165, 1.54) is 4.68 Å². The second-order valence-corrected chi connectivity index (χ2v) is 8.24. The molecule has 3 aromatic rings.